The summed E-state index contributed by atoms with van der Waals surface area (Å²) in [5.41, 5.74) is 3.60. The molecule has 3 rings (SSSR count). The SMILES string of the molecule is CC[P+]1(CC)C=C(c2ccccc2)c2cc(Cl)ccc2O1. The number of fused-ring (bicyclic) bond motifs is 1. The van der Waals surface area contributed by atoms with E-state index in [4.69, 9.17) is 16.1 Å². The highest BCUT2D eigenvalue weighted by atomic mass is 35.5. The number of hydrogen-bond donors (Lipinski definition) is 0. The van der Waals surface area contributed by atoms with Gasteiger partial charge in [-0.05, 0) is 37.6 Å². The zero-order chi connectivity index (χ0) is 14.9. The topological polar surface area (TPSA) is 9.23 Å². The summed E-state index contributed by atoms with van der Waals surface area (Å²) in [6.45, 7) is 4.44. The van der Waals surface area contributed by atoms with Crippen LogP contribution in [0.3, 0.4) is 0 Å². The Hall–Kier alpha value is -1.30. The third-order valence-corrected chi connectivity index (χ3v) is 7.70. The quantitative estimate of drug-likeness (QED) is 0.622. The molecule has 0 saturated carbocycles. The average Bonchev–Trinajstić information content (AvgIpc) is 2.55. The largest absolute Gasteiger partial charge is 0.345 e. The smallest absolute Gasteiger partial charge is 0.215 e. The van der Waals surface area contributed by atoms with Crippen LogP contribution in [0.5, 0.6) is 5.75 Å². The Bertz CT molecular complexity index is 675. The standard InChI is InChI=1S/C18H19ClOP/c1-3-21(4-2)13-17(14-8-6-5-7-9-14)16-12-15(19)10-11-18(16)20-21/h5-13H,3-4H2,1-2H3/q+1. The van der Waals surface area contributed by atoms with Crippen molar-refractivity contribution in [3.05, 3.63) is 70.5 Å². The summed E-state index contributed by atoms with van der Waals surface area (Å²) in [4.78, 5) is 0. The lowest BCUT2D eigenvalue weighted by molar-refractivity contribution is 0.596. The van der Waals surface area contributed by atoms with Crippen molar-refractivity contribution < 1.29 is 4.52 Å². The van der Waals surface area contributed by atoms with Gasteiger partial charge in [0, 0.05) is 16.2 Å². The Morgan fingerprint density at radius 3 is 2.38 bits per heavy atom. The second kappa shape index (κ2) is 5.83. The van der Waals surface area contributed by atoms with E-state index in [1.54, 1.807) is 0 Å². The van der Waals surface area contributed by atoms with Crippen LogP contribution < -0.4 is 4.52 Å². The van der Waals surface area contributed by atoms with Crippen LogP contribution >= 0.6 is 19.1 Å². The fraction of sp³-hybridized carbons (Fsp3) is 0.222. The molecule has 0 amide bonds. The molecule has 1 aliphatic rings. The Morgan fingerprint density at radius 2 is 1.71 bits per heavy atom. The summed E-state index contributed by atoms with van der Waals surface area (Å²) >= 11 is 6.19. The van der Waals surface area contributed by atoms with Gasteiger partial charge in [-0.1, -0.05) is 41.9 Å². The molecule has 3 heteroatoms. The maximum atomic E-state index is 6.40. The van der Waals surface area contributed by atoms with Gasteiger partial charge in [-0.2, -0.15) is 0 Å². The molecule has 2 aromatic rings. The second-order valence-electron chi connectivity index (χ2n) is 5.23. The summed E-state index contributed by atoms with van der Waals surface area (Å²) in [7, 11) is -1.53. The first kappa shape index (κ1) is 14.6. The molecule has 0 aliphatic carbocycles. The predicted octanol–water partition coefficient (Wildman–Crippen LogP) is 6.09. The summed E-state index contributed by atoms with van der Waals surface area (Å²) < 4.78 is 6.40. The molecule has 1 aliphatic heterocycles. The molecule has 0 fully saturated rings. The number of halogens is 1. The fourth-order valence-corrected chi connectivity index (χ4v) is 5.31. The Morgan fingerprint density at radius 1 is 1.00 bits per heavy atom. The molecule has 108 valence electrons. The van der Waals surface area contributed by atoms with E-state index in [0.717, 1.165) is 28.7 Å². The predicted molar refractivity (Wildman–Crippen MR) is 93.6 cm³/mol. The molecular formula is C18H19ClOP+. The highest BCUT2D eigenvalue weighted by molar-refractivity contribution is 7.74. The molecule has 0 saturated heterocycles. The van der Waals surface area contributed by atoms with Crippen LogP contribution in [0, 0.1) is 0 Å². The van der Waals surface area contributed by atoms with Crippen LogP contribution in [0.15, 0.2) is 54.3 Å². The van der Waals surface area contributed by atoms with E-state index in [9.17, 15) is 0 Å². The minimum Gasteiger partial charge on any atom is -0.345 e. The van der Waals surface area contributed by atoms with Crippen molar-refractivity contribution in [3.8, 4) is 5.75 Å². The van der Waals surface area contributed by atoms with E-state index in [1.807, 2.05) is 24.3 Å². The number of hydrogen-bond acceptors (Lipinski definition) is 1. The average molecular weight is 318 g/mol. The van der Waals surface area contributed by atoms with Gasteiger partial charge in [0.2, 0.25) is 7.49 Å². The van der Waals surface area contributed by atoms with Crippen molar-refractivity contribution in [1.29, 1.82) is 0 Å². The second-order valence-corrected chi connectivity index (χ2v) is 9.27. The molecule has 1 nitrogen and oxygen atoms in total. The molecular weight excluding hydrogens is 299 g/mol. The number of rotatable bonds is 3. The lowest BCUT2D eigenvalue weighted by atomic mass is 9.99. The zero-order valence-electron chi connectivity index (χ0n) is 12.3. The lowest BCUT2D eigenvalue weighted by Gasteiger charge is -2.28. The Labute approximate surface area is 132 Å². The van der Waals surface area contributed by atoms with Crippen LogP contribution in [0.2, 0.25) is 5.02 Å². The monoisotopic (exact) mass is 317 g/mol. The molecule has 1 heterocycles. The van der Waals surface area contributed by atoms with Gasteiger partial charge in [0.1, 0.15) is 5.82 Å². The molecule has 0 bridgehead atoms. The van der Waals surface area contributed by atoms with Crippen LogP contribution in [-0.2, 0) is 0 Å². The highest BCUT2D eigenvalue weighted by Gasteiger charge is 2.40. The molecule has 0 spiro atoms. The van der Waals surface area contributed by atoms with Crippen LogP contribution in [0.4, 0.5) is 0 Å². The van der Waals surface area contributed by atoms with Gasteiger partial charge in [0.05, 0.1) is 12.3 Å². The van der Waals surface area contributed by atoms with Gasteiger partial charge in [0.25, 0.3) is 0 Å². The van der Waals surface area contributed by atoms with Gasteiger partial charge >= 0.3 is 0 Å². The first-order valence-corrected chi connectivity index (χ1v) is 9.84. The summed E-state index contributed by atoms with van der Waals surface area (Å²) in [5, 5.41) is 0.748. The lowest BCUT2D eigenvalue weighted by Crippen LogP contribution is -2.11. The molecule has 0 aromatic heterocycles. The van der Waals surface area contributed by atoms with Crippen LogP contribution in [-0.4, -0.2) is 12.3 Å². The van der Waals surface area contributed by atoms with Gasteiger partial charge < -0.3 is 4.52 Å². The maximum absolute atomic E-state index is 6.40. The first-order valence-electron chi connectivity index (χ1n) is 7.32. The van der Waals surface area contributed by atoms with E-state index in [1.165, 1.54) is 11.1 Å². The van der Waals surface area contributed by atoms with Crippen molar-refractivity contribution >= 4 is 24.7 Å². The number of benzene rings is 2. The van der Waals surface area contributed by atoms with Gasteiger partial charge in [-0.15, -0.1) is 0 Å². The van der Waals surface area contributed by atoms with E-state index < -0.39 is 7.49 Å². The van der Waals surface area contributed by atoms with E-state index in [-0.39, 0.29) is 0 Å². The minimum atomic E-state index is -1.53. The van der Waals surface area contributed by atoms with E-state index in [2.05, 4.69) is 43.9 Å². The van der Waals surface area contributed by atoms with E-state index in [0.29, 0.717) is 0 Å². The molecule has 0 N–H and O–H groups in total. The van der Waals surface area contributed by atoms with Crippen molar-refractivity contribution in [2.75, 3.05) is 12.3 Å². The van der Waals surface area contributed by atoms with Crippen LogP contribution in [0.25, 0.3) is 5.57 Å². The fourth-order valence-electron chi connectivity index (χ4n) is 2.70. The van der Waals surface area contributed by atoms with Crippen molar-refractivity contribution in [2.45, 2.75) is 13.8 Å². The minimum absolute atomic E-state index is 0.748. The maximum Gasteiger partial charge on any atom is 0.215 e. The van der Waals surface area contributed by atoms with Crippen molar-refractivity contribution in [3.63, 3.8) is 0 Å². The summed E-state index contributed by atoms with van der Waals surface area (Å²) in [6.07, 6.45) is 2.11. The Kier molecular flexibility index (Phi) is 4.06. The van der Waals surface area contributed by atoms with Gasteiger partial charge in [-0.25, -0.2) is 0 Å². The molecule has 0 radical (unpaired) electrons. The molecule has 21 heavy (non-hydrogen) atoms. The molecule has 2 aromatic carbocycles. The van der Waals surface area contributed by atoms with Crippen molar-refractivity contribution in [2.24, 2.45) is 0 Å². The summed E-state index contributed by atoms with van der Waals surface area (Å²) in [6, 6.07) is 16.4. The third-order valence-electron chi connectivity index (χ3n) is 4.03. The third kappa shape index (κ3) is 2.73. The zero-order valence-corrected chi connectivity index (χ0v) is 14.0. The Balaban J connectivity index is 2.21. The molecule has 0 atom stereocenters. The van der Waals surface area contributed by atoms with Gasteiger partial charge in [0.15, 0.2) is 5.75 Å². The highest BCUT2D eigenvalue weighted by Crippen LogP contribution is 2.65. The van der Waals surface area contributed by atoms with Crippen molar-refractivity contribution in [1.82, 2.24) is 0 Å². The normalized spacial score (nSPS) is 15.9. The van der Waals surface area contributed by atoms with Gasteiger partial charge in [-0.3, -0.25) is 0 Å². The first-order chi connectivity index (χ1) is 10.2. The van der Waals surface area contributed by atoms with E-state index >= 15 is 0 Å². The van der Waals surface area contributed by atoms with Crippen LogP contribution in [0.1, 0.15) is 25.0 Å². The molecule has 0 unspecified atom stereocenters. The summed E-state index contributed by atoms with van der Waals surface area (Å²) in [5.74, 6) is 3.35.